The zero-order chi connectivity index (χ0) is 0. The van der Waals surface area contributed by atoms with Crippen LogP contribution in [0.15, 0.2) is 0 Å². The van der Waals surface area contributed by atoms with Crippen LogP contribution >= 0.6 is 0 Å². The average Bonchev–Trinajstić information content (AvgIpc) is 0. The van der Waals surface area contributed by atoms with E-state index in [9.17, 15) is 0 Å². The van der Waals surface area contributed by atoms with E-state index in [0.29, 0.717) is 0 Å². The van der Waals surface area contributed by atoms with E-state index in [1.54, 1.807) is 0 Å². The second kappa shape index (κ2) is 52.6. The van der Waals surface area contributed by atoms with Gasteiger partial charge in [-0.1, -0.05) is 0 Å². The average molecular weight is 227 g/mol. The van der Waals surface area contributed by atoms with Crippen LogP contribution in [0.1, 0.15) is 0 Å². The van der Waals surface area contributed by atoms with Gasteiger partial charge in [-0.25, -0.2) is 0 Å². The number of hydrogen-bond donors (Lipinski definition) is 1. The van der Waals surface area contributed by atoms with Crippen LogP contribution in [0.5, 0.6) is 0 Å². The van der Waals surface area contributed by atoms with Gasteiger partial charge in [-0.15, -0.1) is 0 Å². The molecule has 4 heteroatoms. The minimum Gasteiger partial charge on any atom is -0.412 e. The normalized spacial score (nSPS) is 0. The molecule has 2 nitrogen and oxygen atoms in total. The van der Waals surface area contributed by atoms with Crippen molar-refractivity contribution in [2.75, 3.05) is 0 Å². The van der Waals surface area contributed by atoms with Crippen molar-refractivity contribution in [2.24, 2.45) is 0 Å². The second-order valence-electron chi connectivity index (χ2n) is 0. The Morgan fingerprint density at radius 3 is 1.00 bits per heavy atom. The van der Waals surface area contributed by atoms with Crippen LogP contribution in [0, 0.1) is 0 Å². The fourth-order valence-electron chi connectivity index (χ4n) is 0. The molecule has 4 heavy (non-hydrogen) atoms. The topological polar surface area (TPSA) is 66.5 Å². The molecule has 0 aliphatic carbocycles. The fourth-order valence-corrected chi connectivity index (χ4v) is 0. The Bertz CT molecular complexity index is 8.00. The van der Waals surface area contributed by atoms with Crippen LogP contribution in [0.25, 0.3) is 0 Å². The van der Waals surface area contributed by atoms with Gasteiger partial charge in [0.05, 0.1) is 0 Å². The molecule has 0 aliphatic rings. The van der Waals surface area contributed by atoms with E-state index in [4.69, 9.17) is 0 Å². The summed E-state index contributed by atoms with van der Waals surface area (Å²) in [6.07, 6.45) is 0. The van der Waals surface area contributed by atoms with E-state index in [1.807, 2.05) is 0 Å². The third kappa shape index (κ3) is 15.4. The van der Waals surface area contributed by atoms with Crippen LogP contribution in [-0.4, -0.2) is 13.9 Å². The van der Waals surface area contributed by atoms with Gasteiger partial charge in [-0.3, -0.25) is 0 Å². The molecule has 0 heterocycles. The molecular formula is H5BNOTa. The summed E-state index contributed by atoms with van der Waals surface area (Å²) in [5.74, 6) is 0. The van der Waals surface area contributed by atoms with Gasteiger partial charge in [0.25, 0.3) is 0 Å². The van der Waals surface area contributed by atoms with E-state index in [1.165, 1.54) is 0 Å². The third-order valence-electron chi connectivity index (χ3n) is 0. The summed E-state index contributed by atoms with van der Waals surface area (Å²) in [5.41, 5.74) is 0. The molecule has 0 aromatic heterocycles. The van der Waals surface area contributed by atoms with Gasteiger partial charge in [0.2, 0.25) is 0 Å². The Labute approximate surface area is 42.9 Å². The molecule has 4 radical (unpaired) electrons. The summed E-state index contributed by atoms with van der Waals surface area (Å²) in [6, 6.07) is 0. The Hall–Kier alpha value is 0.725. The maximum atomic E-state index is 0. The molecule has 5 N–H and O–H groups in total. The van der Waals surface area contributed by atoms with Crippen molar-refractivity contribution in [1.82, 2.24) is 6.15 Å². The summed E-state index contributed by atoms with van der Waals surface area (Å²) in [7, 11) is 0. The number of hydrogen-bond acceptors (Lipinski definition) is 1. The summed E-state index contributed by atoms with van der Waals surface area (Å²) in [5, 5.41) is 0. The first kappa shape index (κ1) is 125. The van der Waals surface area contributed by atoms with E-state index in [2.05, 4.69) is 0 Å². The smallest absolute Gasteiger partial charge is 0 e. The predicted octanol–water partition coefficient (Wildman–Crippen LogP) is -1.05. The first-order chi connectivity index (χ1) is 0. The molecule has 0 bridgehead atoms. The van der Waals surface area contributed by atoms with Crippen LogP contribution in [0.2, 0.25) is 0 Å². The van der Waals surface area contributed by atoms with E-state index in [0.717, 1.165) is 0 Å². The molecule has 24 valence electrons. The molecule has 0 fully saturated rings. The van der Waals surface area contributed by atoms with Crippen LogP contribution in [0.3, 0.4) is 0 Å². The fraction of sp³-hybridized carbons (Fsp3) is 0. The molecule has 0 unspecified atom stereocenters. The molecule has 0 saturated heterocycles. The Morgan fingerprint density at radius 2 is 1.00 bits per heavy atom. The van der Waals surface area contributed by atoms with Crippen LogP contribution in [-0.2, 0) is 22.4 Å². The maximum absolute atomic E-state index is 0. The van der Waals surface area contributed by atoms with Crippen molar-refractivity contribution in [2.45, 2.75) is 0 Å². The molecule has 0 atom stereocenters. The largest absolute Gasteiger partial charge is 0.412 e. The van der Waals surface area contributed by atoms with Crippen molar-refractivity contribution in [3.63, 3.8) is 0 Å². The quantitative estimate of drug-likeness (QED) is 0.527. The first-order valence-electron chi connectivity index (χ1n) is 0. The predicted molar refractivity (Wildman–Crippen MR) is 14.4 cm³/mol. The van der Waals surface area contributed by atoms with E-state index >= 15 is 0 Å². The van der Waals surface area contributed by atoms with E-state index < -0.39 is 0 Å². The summed E-state index contributed by atoms with van der Waals surface area (Å²) in [6.45, 7) is 0. The molecule has 0 amide bonds. The summed E-state index contributed by atoms with van der Waals surface area (Å²) < 4.78 is 0. The molecule has 0 saturated carbocycles. The van der Waals surface area contributed by atoms with Crippen molar-refractivity contribution < 1.29 is 27.9 Å². The monoisotopic (exact) mass is 227 g/mol. The van der Waals surface area contributed by atoms with Crippen molar-refractivity contribution in [1.29, 1.82) is 0 Å². The first-order valence-corrected chi connectivity index (χ1v) is 0. The Kier molecular flexibility index (Phi) is 1640. The van der Waals surface area contributed by atoms with Gasteiger partial charge in [0.1, 0.15) is 0 Å². The van der Waals surface area contributed by atoms with E-state index in [-0.39, 0.29) is 42.4 Å². The van der Waals surface area contributed by atoms with Gasteiger partial charge in [0.15, 0.2) is 0 Å². The maximum Gasteiger partial charge on any atom is 0 e. The molecule has 0 aromatic carbocycles. The van der Waals surface area contributed by atoms with Crippen molar-refractivity contribution >= 4 is 8.41 Å². The molecular weight excluding hydrogens is 222 g/mol. The summed E-state index contributed by atoms with van der Waals surface area (Å²) in [4.78, 5) is 0. The Balaban J connectivity index is 0. The molecule has 0 rings (SSSR count). The minimum absolute atomic E-state index is 0. The minimum atomic E-state index is 0. The van der Waals surface area contributed by atoms with Crippen LogP contribution < -0.4 is 6.15 Å². The summed E-state index contributed by atoms with van der Waals surface area (Å²) >= 11 is 0. The van der Waals surface area contributed by atoms with Gasteiger partial charge >= 0.3 is 0 Å². The van der Waals surface area contributed by atoms with Gasteiger partial charge in [-0.05, 0) is 0 Å². The standard InChI is InChI=1S/B.H3N.H2O.Ta/h;1H3;1H2;. The molecule has 0 aliphatic heterocycles. The van der Waals surface area contributed by atoms with Crippen molar-refractivity contribution in [3.05, 3.63) is 0 Å². The van der Waals surface area contributed by atoms with Gasteiger partial charge in [0, 0.05) is 30.8 Å². The zero-order valence-corrected chi connectivity index (χ0v) is 5.45. The van der Waals surface area contributed by atoms with Gasteiger partial charge < -0.3 is 11.6 Å². The molecule has 0 spiro atoms. The SMILES string of the molecule is N.O.[B].[Ta]. The third-order valence-corrected chi connectivity index (χ3v) is 0. The second-order valence-corrected chi connectivity index (χ2v) is 0. The number of rotatable bonds is 0. The molecule has 0 aromatic rings. The van der Waals surface area contributed by atoms with Gasteiger partial charge in [-0.2, -0.15) is 0 Å². The van der Waals surface area contributed by atoms with Crippen molar-refractivity contribution in [3.8, 4) is 0 Å². The zero-order valence-electron chi connectivity index (χ0n) is 2.23. The Morgan fingerprint density at radius 1 is 1.00 bits per heavy atom. The van der Waals surface area contributed by atoms with Crippen LogP contribution in [0.4, 0.5) is 0 Å².